The number of benzene rings is 1. The van der Waals surface area contributed by atoms with Crippen LogP contribution in [0.1, 0.15) is 65.4 Å². The summed E-state index contributed by atoms with van der Waals surface area (Å²) in [6.07, 6.45) is 4.67. The molecule has 2 heterocycles. The lowest BCUT2D eigenvalue weighted by atomic mass is 9.77. The van der Waals surface area contributed by atoms with E-state index < -0.39 is 11.9 Å². The van der Waals surface area contributed by atoms with Crippen molar-refractivity contribution < 1.29 is 28.9 Å². The highest BCUT2D eigenvalue weighted by molar-refractivity contribution is 5.79. The Hall–Kier alpha value is -2.78. The summed E-state index contributed by atoms with van der Waals surface area (Å²) in [7, 11) is 1.56. The minimum atomic E-state index is -0.871. The molecule has 1 saturated heterocycles. The monoisotopic (exact) mass is 531 g/mol. The topological polar surface area (TPSA) is 115 Å². The summed E-state index contributed by atoms with van der Waals surface area (Å²) in [6, 6.07) is 3.37. The second kappa shape index (κ2) is 12.8. The van der Waals surface area contributed by atoms with Crippen molar-refractivity contribution in [2.75, 3.05) is 46.6 Å². The second-order valence-corrected chi connectivity index (χ2v) is 11.4. The third-order valence-electron chi connectivity index (χ3n) is 7.43. The number of allylic oxidation sites excluding steroid dienone is 2. The van der Waals surface area contributed by atoms with Gasteiger partial charge in [0.25, 0.3) is 0 Å². The minimum Gasteiger partial charge on any atom is -0.493 e. The first kappa shape index (κ1) is 29.8. The van der Waals surface area contributed by atoms with Crippen LogP contribution < -0.4 is 19.9 Å². The minimum absolute atomic E-state index is 0.0121. The van der Waals surface area contributed by atoms with Crippen molar-refractivity contribution in [2.24, 2.45) is 17.1 Å². The van der Waals surface area contributed by atoms with Crippen LogP contribution in [0.4, 0.5) is 0 Å². The van der Waals surface area contributed by atoms with Gasteiger partial charge in [-0.2, -0.15) is 0 Å². The molecule has 2 aliphatic rings. The first-order valence-corrected chi connectivity index (χ1v) is 13.6. The van der Waals surface area contributed by atoms with Gasteiger partial charge in [-0.3, -0.25) is 14.5 Å². The van der Waals surface area contributed by atoms with Gasteiger partial charge in [0.1, 0.15) is 0 Å². The van der Waals surface area contributed by atoms with E-state index in [4.69, 9.17) is 19.9 Å². The average Bonchev–Trinajstić information content (AvgIpc) is 3.44. The molecule has 0 radical (unpaired) electrons. The van der Waals surface area contributed by atoms with E-state index in [9.17, 15) is 14.7 Å². The third kappa shape index (κ3) is 6.99. The first-order chi connectivity index (χ1) is 18.0. The number of amides is 1. The summed E-state index contributed by atoms with van der Waals surface area (Å²) in [6.45, 7) is 12.7. The number of hydrogen-bond donors (Lipinski definition) is 2. The Balaban J connectivity index is 2.00. The SMILES string of the molecule is CCCCN(CCN)C(=O)CN1C[C@H](c2cc(OC)c3c(c2)OCO3)[C@@H](C(=O)O)[C@@H]1CC(C)(C)C=C(C)C. The number of carbonyl (C=O) groups is 2. The van der Waals surface area contributed by atoms with E-state index in [0.29, 0.717) is 49.8 Å². The molecule has 0 unspecified atom stereocenters. The lowest BCUT2D eigenvalue weighted by Crippen LogP contribution is -2.46. The summed E-state index contributed by atoms with van der Waals surface area (Å²) < 4.78 is 16.7. The predicted molar refractivity (Wildman–Crippen MR) is 147 cm³/mol. The van der Waals surface area contributed by atoms with Crippen molar-refractivity contribution in [3.8, 4) is 17.2 Å². The second-order valence-electron chi connectivity index (χ2n) is 11.4. The number of ether oxygens (including phenoxy) is 3. The van der Waals surface area contributed by atoms with E-state index in [1.165, 1.54) is 5.57 Å². The van der Waals surface area contributed by atoms with Gasteiger partial charge in [-0.05, 0) is 49.8 Å². The maximum Gasteiger partial charge on any atom is 0.308 e. The summed E-state index contributed by atoms with van der Waals surface area (Å²) in [5.74, 6) is -0.350. The number of hydrogen-bond acceptors (Lipinski definition) is 7. The number of carboxylic acids is 1. The molecule has 1 fully saturated rings. The van der Waals surface area contributed by atoms with Gasteiger partial charge in [0.15, 0.2) is 11.5 Å². The van der Waals surface area contributed by atoms with Crippen LogP contribution in [0.15, 0.2) is 23.8 Å². The molecule has 3 N–H and O–H groups in total. The van der Waals surface area contributed by atoms with Gasteiger partial charge in [0.05, 0.1) is 19.6 Å². The van der Waals surface area contributed by atoms with Gasteiger partial charge in [0, 0.05) is 38.1 Å². The fourth-order valence-corrected chi connectivity index (χ4v) is 5.97. The average molecular weight is 532 g/mol. The lowest BCUT2D eigenvalue weighted by Gasteiger charge is -2.34. The number of carboxylic acid groups (broad SMARTS) is 1. The molecular weight excluding hydrogens is 486 g/mol. The van der Waals surface area contributed by atoms with Crippen molar-refractivity contribution in [1.82, 2.24) is 9.80 Å². The van der Waals surface area contributed by atoms with Gasteiger partial charge in [-0.15, -0.1) is 0 Å². The summed E-state index contributed by atoms with van der Waals surface area (Å²) in [5, 5.41) is 10.5. The number of unbranched alkanes of at least 4 members (excludes halogenated alkanes) is 1. The molecule has 3 atom stereocenters. The van der Waals surface area contributed by atoms with Crippen molar-refractivity contribution in [3.63, 3.8) is 0 Å². The maximum absolute atomic E-state index is 13.5. The molecule has 0 spiro atoms. The standard InChI is InChI=1S/C29H45N3O6/c1-7-8-10-31(11-9-30)25(33)17-32-16-21(20-12-23(36-6)27-24(13-20)37-18-38-27)26(28(34)35)22(32)15-29(4,5)14-19(2)3/h12-14,21-22,26H,7-11,15-18,30H2,1-6H3,(H,34,35)/t21-,22+,26-/m1/s1. The molecule has 9 heteroatoms. The van der Waals surface area contributed by atoms with Crippen LogP contribution in [0.2, 0.25) is 0 Å². The zero-order valence-corrected chi connectivity index (χ0v) is 23.8. The van der Waals surface area contributed by atoms with Crippen molar-refractivity contribution in [1.29, 1.82) is 0 Å². The van der Waals surface area contributed by atoms with E-state index in [1.807, 2.05) is 30.9 Å². The molecule has 9 nitrogen and oxygen atoms in total. The highest BCUT2D eigenvalue weighted by Gasteiger charge is 2.49. The molecule has 0 aromatic heterocycles. The van der Waals surface area contributed by atoms with Gasteiger partial charge < -0.3 is 30.0 Å². The fraction of sp³-hybridized carbons (Fsp3) is 0.655. The van der Waals surface area contributed by atoms with Gasteiger partial charge in [-0.25, -0.2) is 0 Å². The molecule has 1 amide bonds. The number of methoxy groups -OCH3 is 1. The summed E-state index contributed by atoms with van der Waals surface area (Å²) >= 11 is 0. The van der Waals surface area contributed by atoms with E-state index >= 15 is 0 Å². The van der Waals surface area contributed by atoms with Crippen molar-refractivity contribution in [2.45, 2.75) is 65.8 Å². The van der Waals surface area contributed by atoms with Crippen LogP contribution in [-0.2, 0) is 9.59 Å². The van der Waals surface area contributed by atoms with Crippen LogP contribution >= 0.6 is 0 Å². The van der Waals surface area contributed by atoms with Crippen LogP contribution in [0.5, 0.6) is 17.2 Å². The molecule has 1 aromatic rings. The van der Waals surface area contributed by atoms with Crippen molar-refractivity contribution in [3.05, 3.63) is 29.3 Å². The van der Waals surface area contributed by atoms with Gasteiger partial charge >= 0.3 is 5.97 Å². The maximum atomic E-state index is 13.5. The molecule has 0 saturated carbocycles. The molecule has 3 rings (SSSR count). The van der Waals surface area contributed by atoms with Gasteiger partial charge in [0.2, 0.25) is 18.4 Å². The third-order valence-corrected chi connectivity index (χ3v) is 7.43. The number of carbonyl (C=O) groups excluding carboxylic acids is 1. The van der Waals surface area contributed by atoms with Gasteiger partial charge in [-0.1, -0.05) is 38.8 Å². The van der Waals surface area contributed by atoms with Crippen LogP contribution in [0, 0.1) is 11.3 Å². The Morgan fingerprint density at radius 3 is 2.61 bits per heavy atom. The smallest absolute Gasteiger partial charge is 0.308 e. The van der Waals surface area contributed by atoms with Crippen molar-refractivity contribution >= 4 is 11.9 Å². The van der Waals surface area contributed by atoms with E-state index in [0.717, 1.165) is 18.4 Å². The number of rotatable bonds is 13. The Bertz CT molecular complexity index is 1020. The number of aliphatic carboxylic acids is 1. The number of fused-ring (bicyclic) bond motifs is 1. The molecule has 2 aliphatic heterocycles. The van der Waals surface area contributed by atoms with Crippen LogP contribution in [-0.4, -0.2) is 79.5 Å². The molecule has 0 aliphatic carbocycles. The van der Waals surface area contributed by atoms with E-state index in [-0.39, 0.29) is 36.6 Å². The zero-order chi connectivity index (χ0) is 28.0. The molecule has 0 bridgehead atoms. The Kier molecular flexibility index (Phi) is 10.1. The highest BCUT2D eigenvalue weighted by Crippen LogP contribution is 2.48. The first-order valence-electron chi connectivity index (χ1n) is 13.6. The van der Waals surface area contributed by atoms with Crippen LogP contribution in [0.3, 0.4) is 0 Å². The molecule has 38 heavy (non-hydrogen) atoms. The molecule has 1 aromatic carbocycles. The lowest BCUT2D eigenvalue weighted by molar-refractivity contribution is -0.144. The highest BCUT2D eigenvalue weighted by atomic mass is 16.7. The largest absolute Gasteiger partial charge is 0.493 e. The Labute approximate surface area is 226 Å². The fourth-order valence-electron chi connectivity index (χ4n) is 5.97. The number of nitrogens with two attached hydrogens (primary N) is 1. The van der Waals surface area contributed by atoms with E-state index in [2.05, 4.69) is 31.7 Å². The van der Waals surface area contributed by atoms with E-state index in [1.54, 1.807) is 7.11 Å². The zero-order valence-electron chi connectivity index (χ0n) is 23.8. The summed E-state index contributed by atoms with van der Waals surface area (Å²) in [5.41, 5.74) is 7.54. The number of likely N-dealkylation sites (tertiary alicyclic amines) is 1. The van der Waals surface area contributed by atoms with Crippen LogP contribution in [0.25, 0.3) is 0 Å². The Morgan fingerprint density at radius 1 is 1.26 bits per heavy atom. The normalized spacial score (nSPS) is 20.9. The Morgan fingerprint density at radius 2 is 2.00 bits per heavy atom. The molecular formula is C29H45N3O6. The number of nitrogens with zero attached hydrogens (tertiary/aromatic N) is 2. The summed E-state index contributed by atoms with van der Waals surface area (Å²) in [4.78, 5) is 30.2. The molecule has 212 valence electrons. The quantitative estimate of drug-likeness (QED) is 0.369. The predicted octanol–water partition coefficient (Wildman–Crippen LogP) is 3.86.